The van der Waals surface area contributed by atoms with Crippen LogP contribution in [0.3, 0.4) is 0 Å². The summed E-state index contributed by atoms with van der Waals surface area (Å²) in [6.07, 6.45) is 3.24. The van der Waals surface area contributed by atoms with E-state index in [9.17, 15) is 0 Å². The van der Waals surface area contributed by atoms with Gasteiger partial charge in [-0.3, -0.25) is 0 Å². The average Bonchev–Trinajstić information content (AvgIpc) is 3.84. The molecule has 0 atom stereocenters. The SMILES string of the molecule is CCCCc1c(N2c3cc(-n4c5ccccc5c5ccccc54)ccc3B3c4cc(-c5ccccc5)ccc4Oc4cc(C(C)(C)C)cc2c43)ccc2c1sc1ccccc12. The lowest BCUT2D eigenvalue weighted by Gasteiger charge is -2.42. The number of benzene rings is 8. The molecule has 0 aliphatic carbocycles. The van der Waals surface area contributed by atoms with E-state index in [1.165, 1.54) is 97.7 Å². The van der Waals surface area contributed by atoms with Gasteiger partial charge in [0.25, 0.3) is 6.71 Å². The van der Waals surface area contributed by atoms with Crippen LogP contribution in [0.15, 0.2) is 164 Å². The number of para-hydroxylation sites is 2. The van der Waals surface area contributed by atoms with Gasteiger partial charge in [-0.05, 0) is 111 Å². The highest BCUT2D eigenvalue weighted by molar-refractivity contribution is 7.26. The molecular weight excluding hydrogens is 760 g/mol. The topological polar surface area (TPSA) is 17.4 Å². The number of fused-ring (bicyclic) bond motifs is 10. The van der Waals surface area contributed by atoms with Crippen molar-refractivity contribution in [3.05, 3.63) is 175 Å². The van der Waals surface area contributed by atoms with Crippen LogP contribution in [0.1, 0.15) is 51.7 Å². The van der Waals surface area contributed by atoms with Crippen LogP contribution in [0.25, 0.3) is 58.8 Å². The molecule has 2 aliphatic heterocycles. The molecule has 0 radical (unpaired) electrons. The summed E-state index contributed by atoms with van der Waals surface area (Å²) in [5, 5.41) is 5.22. The van der Waals surface area contributed by atoms with Crippen molar-refractivity contribution in [2.45, 2.75) is 52.4 Å². The Morgan fingerprint density at radius 1 is 0.574 bits per heavy atom. The van der Waals surface area contributed by atoms with Crippen LogP contribution in [0.4, 0.5) is 17.1 Å². The Kier molecular flexibility index (Phi) is 8.18. The van der Waals surface area contributed by atoms with E-state index in [0.717, 1.165) is 36.4 Å². The molecule has 10 aromatic rings. The summed E-state index contributed by atoms with van der Waals surface area (Å²) in [6, 6.07) is 61.0. The Bertz CT molecular complexity index is 3340. The Morgan fingerprint density at radius 2 is 1.30 bits per heavy atom. The monoisotopic (exact) mass is 804 g/mol. The molecule has 0 amide bonds. The van der Waals surface area contributed by atoms with Crippen LogP contribution >= 0.6 is 11.3 Å². The van der Waals surface area contributed by atoms with Crippen molar-refractivity contribution in [1.29, 1.82) is 0 Å². The Hall–Kier alpha value is -6.56. The zero-order chi connectivity index (χ0) is 41.0. The van der Waals surface area contributed by atoms with Crippen molar-refractivity contribution in [2.75, 3.05) is 4.90 Å². The number of hydrogen-bond donors (Lipinski definition) is 0. The van der Waals surface area contributed by atoms with Crippen molar-refractivity contribution in [1.82, 2.24) is 4.57 Å². The van der Waals surface area contributed by atoms with Crippen LogP contribution in [-0.4, -0.2) is 11.3 Å². The van der Waals surface area contributed by atoms with Crippen molar-refractivity contribution >= 4 is 93.5 Å². The summed E-state index contributed by atoms with van der Waals surface area (Å²) in [5.41, 5.74) is 15.9. The van der Waals surface area contributed by atoms with Crippen molar-refractivity contribution in [3.8, 4) is 28.3 Å². The molecule has 2 aromatic heterocycles. The molecule has 0 spiro atoms. The van der Waals surface area contributed by atoms with Crippen molar-refractivity contribution in [2.24, 2.45) is 0 Å². The third-order valence-corrected chi connectivity index (χ3v) is 14.5. The minimum absolute atomic E-state index is 0.0305. The van der Waals surface area contributed by atoms with E-state index >= 15 is 0 Å². The molecule has 3 nitrogen and oxygen atoms in total. The number of nitrogens with zero attached hydrogens (tertiary/aromatic N) is 2. The predicted molar refractivity (Wildman–Crippen MR) is 262 cm³/mol. The highest BCUT2D eigenvalue weighted by Gasteiger charge is 2.43. The second-order valence-corrected chi connectivity index (χ2v) is 19.0. The molecule has 0 saturated heterocycles. The van der Waals surface area contributed by atoms with Gasteiger partial charge in [0.2, 0.25) is 0 Å². The van der Waals surface area contributed by atoms with Crippen molar-refractivity contribution in [3.63, 3.8) is 0 Å². The Morgan fingerprint density at radius 3 is 2.05 bits per heavy atom. The molecular formula is C56H45BN2OS. The number of rotatable bonds is 6. The second kappa shape index (κ2) is 13.7. The maximum absolute atomic E-state index is 7.11. The predicted octanol–water partition coefficient (Wildman–Crippen LogP) is 13.9. The maximum atomic E-state index is 7.11. The number of thiophene rings is 1. The van der Waals surface area contributed by atoms with E-state index in [1.54, 1.807) is 0 Å². The summed E-state index contributed by atoms with van der Waals surface area (Å²) in [7, 11) is 0. The first-order chi connectivity index (χ1) is 29.9. The lowest BCUT2D eigenvalue weighted by Crippen LogP contribution is -2.59. The fraction of sp³-hybridized carbons (Fsp3) is 0.143. The van der Waals surface area contributed by atoms with Gasteiger partial charge >= 0.3 is 0 Å². The van der Waals surface area contributed by atoms with E-state index < -0.39 is 0 Å². The van der Waals surface area contributed by atoms with Gasteiger partial charge in [0.05, 0.1) is 16.7 Å². The summed E-state index contributed by atoms with van der Waals surface area (Å²) in [6.45, 7) is 9.24. The molecule has 0 N–H and O–H groups in total. The first-order valence-corrected chi connectivity index (χ1v) is 22.6. The van der Waals surface area contributed by atoms with Gasteiger partial charge in [-0.2, -0.15) is 0 Å². The minimum atomic E-state index is -0.112. The van der Waals surface area contributed by atoms with Crippen LogP contribution in [0.2, 0.25) is 0 Å². The molecule has 61 heavy (non-hydrogen) atoms. The first-order valence-electron chi connectivity index (χ1n) is 21.8. The molecule has 294 valence electrons. The highest BCUT2D eigenvalue weighted by atomic mass is 32.1. The van der Waals surface area contributed by atoms with Crippen LogP contribution in [0, 0.1) is 0 Å². The smallest absolute Gasteiger partial charge is 0.256 e. The van der Waals surface area contributed by atoms with Gasteiger partial charge in [-0.15, -0.1) is 11.3 Å². The minimum Gasteiger partial charge on any atom is -0.458 e. The molecule has 0 bridgehead atoms. The molecule has 5 heteroatoms. The Labute approximate surface area is 361 Å². The standard InChI is InChI=1S/C56H45BN2OS/c1-5-6-18-43-48(29-27-42-41-21-12-15-24-53(41)61-55(42)43)59-49-34-38(58-46-22-13-10-19-39(46)40-20-11-14-23-47(40)58)26-28-44(49)57-45-31-36(35-16-8-7-9-17-35)25-30-51(45)60-52-33-37(56(2,3)4)32-50(59)54(52)57/h7-17,19-34H,5-6,18H2,1-4H3. The number of ether oxygens (including phenoxy) is 1. The van der Waals surface area contributed by atoms with Gasteiger partial charge in [-0.1, -0.05) is 143 Å². The second-order valence-electron chi connectivity index (χ2n) is 17.9. The number of aromatic nitrogens is 1. The molecule has 4 heterocycles. The molecule has 0 unspecified atom stereocenters. The number of aryl methyl sites for hydroxylation is 1. The van der Waals surface area contributed by atoms with Gasteiger partial charge in [0.15, 0.2) is 0 Å². The van der Waals surface area contributed by atoms with E-state index in [0.29, 0.717) is 0 Å². The fourth-order valence-corrected chi connectivity index (χ4v) is 11.5. The van der Waals surface area contributed by atoms with E-state index in [-0.39, 0.29) is 12.1 Å². The van der Waals surface area contributed by atoms with Crippen molar-refractivity contribution < 1.29 is 4.74 Å². The van der Waals surface area contributed by atoms with Crippen LogP contribution in [0.5, 0.6) is 11.5 Å². The third-order valence-electron chi connectivity index (χ3n) is 13.2. The zero-order valence-corrected chi connectivity index (χ0v) is 35.8. The molecule has 2 aliphatic rings. The van der Waals surface area contributed by atoms with Gasteiger partial charge in [-0.25, -0.2) is 0 Å². The first kappa shape index (κ1) is 36.3. The highest BCUT2D eigenvalue weighted by Crippen LogP contribution is 2.48. The molecule has 8 aromatic carbocycles. The third kappa shape index (κ3) is 5.56. The number of unbranched alkanes of at least 4 members (excludes halogenated alkanes) is 1. The summed E-state index contributed by atoms with van der Waals surface area (Å²) in [4.78, 5) is 2.63. The summed E-state index contributed by atoms with van der Waals surface area (Å²) >= 11 is 1.95. The average molecular weight is 805 g/mol. The summed E-state index contributed by atoms with van der Waals surface area (Å²) < 4.78 is 12.3. The normalized spacial score (nSPS) is 13.2. The van der Waals surface area contributed by atoms with Gasteiger partial charge < -0.3 is 14.2 Å². The largest absolute Gasteiger partial charge is 0.458 e. The molecule has 12 rings (SSSR count). The molecule has 0 saturated carbocycles. The van der Waals surface area contributed by atoms with E-state index in [2.05, 4.69) is 201 Å². The van der Waals surface area contributed by atoms with E-state index in [4.69, 9.17) is 4.74 Å². The van der Waals surface area contributed by atoms with Gasteiger partial charge in [0, 0.05) is 48.0 Å². The van der Waals surface area contributed by atoms with Gasteiger partial charge in [0.1, 0.15) is 11.5 Å². The lowest BCUT2D eigenvalue weighted by atomic mass is 9.34. The fourth-order valence-electron chi connectivity index (χ4n) is 10.2. The number of hydrogen-bond acceptors (Lipinski definition) is 3. The van der Waals surface area contributed by atoms with E-state index in [1.807, 2.05) is 11.3 Å². The Balaban J connectivity index is 1.19. The van der Waals surface area contributed by atoms with Crippen LogP contribution < -0.4 is 26.0 Å². The number of anilines is 3. The molecule has 0 fully saturated rings. The summed E-state index contributed by atoms with van der Waals surface area (Å²) in [5.74, 6) is 1.88. The van der Waals surface area contributed by atoms with Crippen LogP contribution in [-0.2, 0) is 11.8 Å². The zero-order valence-electron chi connectivity index (χ0n) is 35.0. The quantitative estimate of drug-likeness (QED) is 0.156. The maximum Gasteiger partial charge on any atom is 0.256 e. The lowest BCUT2D eigenvalue weighted by molar-refractivity contribution is 0.483.